The third-order valence-corrected chi connectivity index (χ3v) is 4.53. The fourth-order valence-corrected chi connectivity index (χ4v) is 2.90. The van der Waals surface area contributed by atoms with Crippen LogP contribution >= 0.6 is 0 Å². The Kier molecular flexibility index (Phi) is 5.89. The number of benzene rings is 2. The highest BCUT2D eigenvalue weighted by Crippen LogP contribution is 2.22. The summed E-state index contributed by atoms with van der Waals surface area (Å²) in [5, 5.41) is 2.89. The maximum absolute atomic E-state index is 12.5. The van der Waals surface area contributed by atoms with Crippen LogP contribution in [0.15, 0.2) is 54.9 Å². The first-order valence-corrected chi connectivity index (χ1v) is 9.19. The molecule has 0 aliphatic rings. The molecule has 0 bridgehead atoms. The molecule has 6 nitrogen and oxygen atoms in total. The average molecular weight is 377 g/mol. The van der Waals surface area contributed by atoms with Crippen molar-refractivity contribution in [3.8, 4) is 11.4 Å². The van der Waals surface area contributed by atoms with Crippen LogP contribution in [0.25, 0.3) is 11.4 Å². The zero-order chi connectivity index (χ0) is 20.1. The van der Waals surface area contributed by atoms with Gasteiger partial charge in [0, 0.05) is 23.6 Å². The zero-order valence-corrected chi connectivity index (χ0v) is 16.2. The summed E-state index contributed by atoms with van der Waals surface area (Å²) in [6, 6.07) is 12.7. The van der Waals surface area contributed by atoms with Gasteiger partial charge in [-0.15, -0.1) is 0 Å². The summed E-state index contributed by atoms with van der Waals surface area (Å²) >= 11 is 0. The lowest BCUT2D eigenvalue weighted by Crippen LogP contribution is -2.30. The largest absolute Gasteiger partial charge is 0.449 e. The molecule has 0 spiro atoms. The average Bonchev–Trinajstić information content (AvgIpc) is 3.24. The van der Waals surface area contributed by atoms with E-state index in [1.54, 1.807) is 43.6 Å². The lowest BCUT2D eigenvalue weighted by Gasteiger charge is -2.17. The Morgan fingerprint density at radius 1 is 1.18 bits per heavy atom. The van der Waals surface area contributed by atoms with Crippen molar-refractivity contribution < 1.29 is 14.3 Å². The molecule has 144 valence electrons. The summed E-state index contributed by atoms with van der Waals surface area (Å²) in [5.41, 5.74) is 4.03. The van der Waals surface area contributed by atoms with Gasteiger partial charge in [0.25, 0.3) is 5.91 Å². The van der Waals surface area contributed by atoms with Gasteiger partial charge in [-0.2, -0.15) is 0 Å². The number of amides is 1. The van der Waals surface area contributed by atoms with Gasteiger partial charge in [0.1, 0.15) is 5.82 Å². The monoisotopic (exact) mass is 377 g/mol. The smallest absolute Gasteiger partial charge is 0.338 e. The molecule has 1 unspecified atom stereocenters. The van der Waals surface area contributed by atoms with Gasteiger partial charge in [-0.3, -0.25) is 4.79 Å². The molecule has 3 rings (SSSR count). The van der Waals surface area contributed by atoms with E-state index in [1.807, 2.05) is 32.0 Å². The van der Waals surface area contributed by atoms with E-state index >= 15 is 0 Å². The van der Waals surface area contributed by atoms with E-state index in [1.165, 1.54) is 0 Å². The highest BCUT2D eigenvalue weighted by molar-refractivity contribution is 5.98. The van der Waals surface area contributed by atoms with Crippen LogP contribution in [0.4, 0.5) is 5.69 Å². The first kappa shape index (κ1) is 19.4. The van der Waals surface area contributed by atoms with Crippen LogP contribution in [-0.2, 0) is 16.0 Å². The summed E-state index contributed by atoms with van der Waals surface area (Å²) in [6.45, 7) is 5.53. The maximum atomic E-state index is 12.5. The fourth-order valence-electron chi connectivity index (χ4n) is 2.90. The number of carbonyl (C=O) groups excluding carboxylic acids is 2. The standard InChI is InChI=1S/C22H23N3O3/c1-4-16-7-5-6-14(2)19(16)25-21(26)15(3)28-22(27)18-10-8-17(9-11-18)20-23-12-13-24-20/h5-13,15H,4H2,1-3H3,(H,23,24)(H,25,26). The summed E-state index contributed by atoms with van der Waals surface area (Å²) in [5.74, 6) is -0.184. The number of hydrogen-bond acceptors (Lipinski definition) is 4. The fraction of sp³-hybridized carbons (Fsp3) is 0.227. The molecule has 0 saturated heterocycles. The molecule has 3 aromatic rings. The van der Waals surface area contributed by atoms with Crippen molar-refractivity contribution in [2.45, 2.75) is 33.3 Å². The van der Waals surface area contributed by atoms with Gasteiger partial charge >= 0.3 is 5.97 Å². The minimum atomic E-state index is -0.915. The van der Waals surface area contributed by atoms with Crippen LogP contribution in [0, 0.1) is 6.92 Å². The topological polar surface area (TPSA) is 84.1 Å². The highest BCUT2D eigenvalue weighted by atomic mass is 16.5. The molecule has 1 atom stereocenters. The number of para-hydroxylation sites is 1. The molecule has 2 aromatic carbocycles. The van der Waals surface area contributed by atoms with Gasteiger partial charge in [0.2, 0.25) is 0 Å². The number of esters is 1. The van der Waals surface area contributed by atoms with Crippen molar-refractivity contribution in [3.05, 3.63) is 71.5 Å². The van der Waals surface area contributed by atoms with E-state index < -0.39 is 12.1 Å². The Morgan fingerprint density at radius 2 is 1.93 bits per heavy atom. The number of nitrogens with one attached hydrogen (secondary N) is 2. The normalized spacial score (nSPS) is 11.7. The summed E-state index contributed by atoms with van der Waals surface area (Å²) < 4.78 is 5.34. The molecule has 0 aliphatic carbocycles. The third kappa shape index (κ3) is 4.28. The first-order valence-electron chi connectivity index (χ1n) is 9.19. The van der Waals surface area contributed by atoms with Crippen molar-refractivity contribution in [1.29, 1.82) is 0 Å². The molecule has 28 heavy (non-hydrogen) atoms. The number of hydrogen-bond donors (Lipinski definition) is 2. The zero-order valence-electron chi connectivity index (χ0n) is 16.2. The van der Waals surface area contributed by atoms with Gasteiger partial charge < -0.3 is 15.0 Å². The molecule has 1 aromatic heterocycles. The summed E-state index contributed by atoms with van der Waals surface area (Å²) in [6.07, 6.45) is 3.28. The van der Waals surface area contributed by atoms with Crippen LogP contribution < -0.4 is 5.32 Å². The molecular weight excluding hydrogens is 354 g/mol. The number of nitrogens with zero attached hydrogens (tertiary/aromatic N) is 1. The number of carbonyl (C=O) groups is 2. The Labute approximate surface area is 164 Å². The van der Waals surface area contributed by atoms with Gasteiger partial charge in [0.15, 0.2) is 6.10 Å². The quantitative estimate of drug-likeness (QED) is 0.633. The molecule has 1 heterocycles. The summed E-state index contributed by atoms with van der Waals surface area (Å²) in [7, 11) is 0. The number of aromatic nitrogens is 2. The minimum absolute atomic E-state index is 0.357. The van der Waals surface area contributed by atoms with E-state index in [4.69, 9.17) is 4.74 Å². The Hall–Kier alpha value is -3.41. The van der Waals surface area contributed by atoms with Crippen molar-refractivity contribution in [1.82, 2.24) is 9.97 Å². The van der Waals surface area contributed by atoms with Crippen LogP contribution in [0.5, 0.6) is 0 Å². The van der Waals surface area contributed by atoms with Crippen molar-refractivity contribution in [3.63, 3.8) is 0 Å². The minimum Gasteiger partial charge on any atom is -0.449 e. The molecule has 2 N–H and O–H groups in total. The van der Waals surface area contributed by atoms with Crippen LogP contribution in [0.2, 0.25) is 0 Å². The van der Waals surface area contributed by atoms with E-state index in [0.29, 0.717) is 5.56 Å². The van der Waals surface area contributed by atoms with Gasteiger partial charge in [0.05, 0.1) is 5.56 Å². The van der Waals surface area contributed by atoms with Gasteiger partial charge in [-0.25, -0.2) is 9.78 Å². The maximum Gasteiger partial charge on any atom is 0.338 e. The second kappa shape index (κ2) is 8.52. The number of aromatic amines is 1. The van der Waals surface area contributed by atoms with Gasteiger partial charge in [-0.05, 0) is 43.5 Å². The highest BCUT2D eigenvalue weighted by Gasteiger charge is 2.20. The third-order valence-electron chi connectivity index (χ3n) is 4.53. The molecule has 1 amide bonds. The molecular formula is C22H23N3O3. The van der Waals surface area contributed by atoms with E-state index in [2.05, 4.69) is 15.3 Å². The van der Waals surface area contributed by atoms with Crippen LogP contribution in [0.1, 0.15) is 35.3 Å². The SMILES string of the molecule is CCc1cccc(C)c1NC(=O)C(C)OC(=O)c1ccc(-c2ncc[nH]2)cc1. The molecule has 0 radical (unpaired) electrons. The molecule has 6 heteroatoms. The van der Waals surface area contributed by atoms with Crippen molar-refractivity contribution >= 4 is 17.6 Å². The van der Waals surface area contributed by atoms with E-state index in [0.717, 1.165) is 34.6 Å². The van der Waals surface area contributed by atoms with E-state index in [-0.39, 0.29) is 5.91 Å². The van der Waals surface area contributed by atoms with Crippen molar-refractivity contribution in [2.75, 3.05) is 5.32 Å². The predicted octanol–water partition coefficient (Wildman–Crippen LogP) is 4.13. The Balaban J connectivity index is 1.65. The summed E-state index contributed by atoms with van der Waals surface area (Å²) in [4.78, 5) is 32.1. The number of H-pyrrole nitrogens is 1. The van der Waals surface area contributed by atoms with Gasteiger partial charge in [-0.1, -0.05) is 37.3 Å². The lowest BCUT2D eigenvalue weighted by molar-refractivity contribution is -0.123. The molecule has 0 aliphatic heterocycles. The number of anilines is 1. The number of rotatable bonds is 6. The second-order valence-electron chi connectivity index (χ2n) is 6.51. The van der Waals surface area contributed by atoms with Crippen LogP contribution in [0.3, 0.4) is 0 Å². The van der Waals surface area contributed by atoms with Crippen LogP contribution in [-0.4, -0.2) is 27.9 Å². The Morgan fingerprint density at radius 3 is 2.57 bits per heavy atom. The molecule has 0 saturated carbocycles. The second-order valence-corrected chi connectivity index (χ2v) is 6.51. The van der Waals surface area contributed by atoms with Crippen molar-refractivity contribution in [2.24, 2.45) is 0 Å². The predicted molar refractivity (Wildman–Crippen MR) is 108 cm³/mol. The number of imidazole rings is 1. The van der Waals surface area contributed by atoms with E-state index in [9.17, 15) is 9.59 Å². The Bertz CT molecular complexity index is 963. The number of ether oxygens (including phenoxy) is 1. The number of aryl methyl sites for hydroxylation is 2. The first-order chi connectivity index (χ1) is 13.5. The molecule has 0 fully saturated rings. The lowest BCUT2D eigenvalue weighted by atomic mass is 10.1.